The Morgan fingerprint density at radius 1 is 1.14 bits per heavy atom. The summed E-state index contributed by atoms with van der Waals surface area (Å²) in [5, 5.41) is 7.80. The fourth-order valence-corrected chi connectivity index (χ4v) is 2.22. The van der Waals surface area contributed by atoms with Crippen molar-refractivity contribution in [1.29, 1.82) is 0 Å². The number of carbonyl (C=O) groups excluding carboxylic acids is 1. The van der Waals surface area contributed by atoms with Gasteiger partial charge >= 0.3 is 6.03 Å². The zero-order valence-electron chi connectivity index (χ0n) is 12.1. The van der Waals surface area contributed by atoms with Crippen LogP contribution in [0.1, 0.15) is 11.1 Å². The number of aromatic amines is 1. The minimum Gasteiger partial charge on any atom is -0.361 e. The predicted octanol–water partition coefficient (Wildman–Crippen LogP) is 3.63. The lowest BCUT2D eigenvalue weighted by Crippen LogP contribution is -2.24. The van der Waals surface area contributed by atoms with E-state index in [1.54, 1.807) is 6.21 Å². The van der Waals surface area contributed by atoms with Gasteiger partial charge in [0.05, 0.1) is 6.21 Å². The quantitative estimate of drug-likeness (QED) is 0.500. The topological polar surface area (TPSA) is 69.3 Å². The monoisotopic (exact) mass is 292 g/mol. The van der Waals surface area contributed by atoms with Crippen LogP contribution in [0.5, 0.6) is 0 Å². The smallest absolute Gasteiger partial charge is 0.339 e. The molecule has 3 aromatic rings. The van der Waals surface area contributed by atoms with Crippen LogP contribution in [0.4, 0.5) is 10.5 Å². The van der Waals surface area contributed by atoms with E-state index in [1.165, 1.54) is 0 Å². The first-order chi connectivity index (χ1) is 10.7. The molecule has 5 heteroatoms. The second-order valence-corrected chi connectivity index (χ2v) is 4.93. The van der Waals surface area contributed by atoms with Gasteiger partial charge in [0.2, 0.25) is 0 Å². The average molecular weight is 292 g/mol. The standard InChI is InChI=1S/C17H16N4O/c1-12-6-2-4-8-15(12)20-17(22)21-19-11-13-10-18-16-9-5-3-7-14(13)16/h2-11,18H,1H3,(H2,20,21,22)/b19-11+. The van der Waals surface area contributed by atoms with Gasteiger partial charge in [0.1, 0.15) is 0 Å². The molecule has 0 aliphatic rings. The van der Waals surface area contributed by atoms with Gasteiger partial charge in [0.25, 0.3) is 0 Å². The van der Waals surface area contributed by atoms with E-state index in [9.17, 15) is 4.79 Å². The van der Waals surface area contributed by atoms with Crippen molar-refractivity contribution in [2.24, 2.45) is 5.10 Å². The lowest BCUT2D eigenvalue weighted by molar-refractivity contribution is 0.252. The molecule has 2 aromatic carbocycles. The molecule has 3 rings (SSSR count). The molecule has 0 saturated heterocycles. The zero-order chi connectivity index (χ0) is 15.4. The predicted molar refractivity (Wildman–Crippen MR) is 89.2 cm³/mol. The molecule has 0 spiro atoms. The maximum absolute atomic E-state index is 11.8. The Labute approximate surface area is 128 Å². The molecule has 1 aromatic heterocycles. The van der Waals surface area contributed by atoms with Crippen molar-refractivity contribution in [2.75, 3.05) is 5.32 Å². The van der Waals surface area contributed by atoms with Crippen molar-refractivity contribution in [3.8, 4) is 0 Å². The highest BCUT2D eigenvalue weighted by molar-refractivity contribution is 5.99. The van der Waals surface area contributed by atoms with E-state index in [2.05, 4.69) is 20.8 Å². The number of urea groups is 1. The van der Waals surface area contributed by atoms with Gasteiger partial charge in [-0.2, -0.15) is 5.10 Å². The summed E-state index contributed by atoms with van der Waals surface area (Å²) in [7, 11) is 0. The number of hydrogen-bond donors (Lipinski definition) is 3. The minimum atomic E-state index is -0.370. The van der Waals surface area contributed by atoms with E-state index in [1.807, 2.05) is 61.7 Å². The fourth-order valence-electron chi connectivity index (χ4n) is 2.22. The summed E-state index contributed by atoms with van der Waals surface area (Å²) in [4.78, 5) is 15.0. The Morgan fingerprint density at radius 3 is 2.77 bits per heavy atom. The Bertz CT molecular complexity index is 835. The van der Waals surface area contributed by atoms with Gasteiger partial charge < -0.3 is 10.3 Å². The van der Waals surface area contributed by atoms with Crippen LogP contribution >= 0.6 is 0 Å². The molecule has 2 amide bonds. The summed E-state index contributed by atoms with van der Waals surface area (Å²) >= 11 is 0. The van der Waals surface area contributed by atoms with E-state index in [-0.39, 0.29) is 6.03 Å². The third-order valence-corrected chi connectivity index (χ3v) is 3.38. The van der Waals surface area contributed by atoms with Gasteiger partial charge in [-0.3, -0.25) is 0 Å². The van der Waals surface area contributed by atoms with Gasteiger partial charge in [0, 0.05) is 28.4 Å². The first-order valence-electron chi connectivity index (χ1n) is 6.96. The normalized spacial score (nSPS) is 11.0. The molecular weight excluding hydrogens is 276 g/mol. The van der Waals surface area contributed by atoms with Crippen molar-refractivity contribution >= 4 is 28.8 Å². The second kappa shape index (κ2) is 6.13. The van der Waals surface area contributed by atoms with E-state index in [0.717, 1.165) is 27.7 Å². The highest BCUT2D eigenvalue weighted by Crippen LogP contribution is 2.15. The molecule has 22 heavy (non-hydrogen) atoms. The summed E-state index contributed by atoms with van der Waals surface area (Å²) in [6.45, 7) is 1.94. The van der Waals surface area contributed by atoms with E-state index >= 15 is 0 Å². The molecule has 0 unspecified atom stereocenters. The van der Waals surface area contributed by atoms with Crippen molar-refractivity contribution < 1.29 is 4.79 Å². The van der Waals surface area contributed by atoms with Crippen molar-refractivity contribution in [2.45, 2.75) is 6.92 Å². The summed E-state index contributed by atoms with van der Waals surface area (Å²) in [5.41, 5.74) is 6.19. The number of nitrogens with one attached hydrogen (secondary N) is 3. The number of aryl methyl sites for hydroxylation is 1. The Hall–Kier alpha value is -3.08. The number of fused-ring (bicyclic) bond motifs is 1. The second-order valence-electron chi connectivity index (χ2n) is 4.93. The first kappa shape index (κ1) is 13.9. The summed E-state index contributed by atoms with van der Waals surface area (Å²) in [6.07, 6.45) is 3.48. The van der Waals surface area contributed by atoms with Gasteiger partial charge in [-0.05, 0) is 24.6 Å². The molecule has 5 nitrogen and oxygen atoms in total. The first-order valence-corrected chi connectivity index (χ1v) is 6.96. The lowest BCUT2D eigenvalue weighted by atomic mass is 10.2. The van der Waals surface area contributed by atoms with Crippen LogP contribution in [0.2, 0.25) is 0 Å². The van der Waals surface area contributed by atoms with Crippen LogP contribution in [-0.4, -0.2) is 17.2 Å². The highest BCUT2D eigenvalue weighted by Gasteiger charge is 2.03. The number of aromatic nitrogens is 1. The Kier molecular flexibility index (Phi) is 3.87. The Morgan fingerprint density at radius 2 is 1.91 bits per heavy atom. The fraction of sp³-hybridized carbons (Fsp3) is 0.0588. The SMILES string of the molecule is Cc1ccccc1NC(=O)N/N=C/c1c[nH]c2ccccc12. The molecule has 110 valence electrons. The lowest BCUT2D eigenvalue weighted by Gasteiger charge is -2.06. The van der Waals surface area contributed by atoms with Crippen LogP contribution in [0.3, 0.4) is 0 Å². The summed E-state index contributed by atoms with van der Waals surface area (Å²) < 4.78 is 0. The maximum atomic E-state index is 11.8. The third kappa shape index (κ3) is 2.98. The molecule has 0 aliphatic heterocycles. The van der Waals surface area contributed by atoms with Gasteiger partial charge in [-0.1, -0.05) is 36.4 Å². The van der Waals surface area contributed by atoms with E-state index < -0.39 is 0 Å². The molecule has 0 radical (unpaired) electrons. The molecule has 0 bridgehead atoms. The molecule has 0 atom stereocenters. The van der Waals surface area contributed by atoms with Crippen molar-refractivity contribution in [3.63, 3.8) is 0 Å². The number of benzene rings is 2. The van der Waals surface area contributed by atoms with Gasteiger partial charge in [-0.15, -0.1) is 0 Å². The number of para-hydroxylation sites is 2. The van der Waals surface area contributed by atoms with Crippen LogP contribution in [-0.2, 0) is 0 Å². The summed E-state index contributed by atoms with van der Waals surface area (Å²) in [6, 6.07) is 15.1. The van der Waals surface area contributed by atoms with Crippen molar-refractivity contribution in [1.82, 2.24) is 10.4 Å². The van der Waals surface area contributed by atoms with Crippen LogP contribution in [0.25, 0.3) is 10.9 Å². The summed E-state index contributed by atoms with van der Waals surface area (Å²) in [5.74, 6) is 0. The average Bonchev–Trinajstić information content (AvgIpc) is 2.93. The van der Waals surface area contributed by atoms with Crippen molar-refractivity contribution in [3.05, 3.63) is 65.9 Å². The number of H-pyrrole nitrogens is 1. The molecule has 0 aliphatic carbocycles. The van der Waals surface area contributed by atoms with Crippen LogP contribution in [0.15, 0.2) is 59.8 Å². The minimum absolute atomic E-state index is 0.370. The van der Waals surface area contributed by atoms with Crippen LogP contribution in [0, 0.1) is 6.92 Å². The number of hydrogen-bond acceptors (Lipinski definition) is 2. The number of rotatable bonds is 3. The molecule has 0 fully saturated rings. The number of amides is 2. The third-order valence-electron chi connectivity index (χ3n) is 3.38. The number of carbonyl (C=O) groups is 1. The molecule has 0 saturated carbocycles. The maximum Gasteiger partial charge on any atom is 0.339 e. The molecular formula is C17H16N4O. The highest BCUT2D eigenvalue weighted by atomic mass is 16.2. The van der Waals surface area contributed by atoms with Gasteiger partial charge in [-0.25, -0.2) is 10.2 Å². The Balaban J connectivity index is 1.65. The van der Waals surface area contributed by atoms with E-state index in [0.29, 0.717) is 0 Å². The number of nitrogens with zero attached hydrogens (tertiary/aromatic N) is 1. The zero-order valence-corrected chi connectivity index (χ0v) is 12.1. The molecule has 1 heterocycles. The largest absolute Gasteiger partial charge is 0.361 e. The molecule has 3 N–H and O–H groups in total. The van der Waals surface area contributed by atoms with E-state index in [4.69, 9.17) is 0 Å². The number of anilines is 1. The van der Waals surface area contributed by atoms with Gasteiger partial charge in [0.15, 0.2) is 0 Å². The number of hydrazone groups is 1. The van der Waals surface area contributed by atoms with Crippen LogP contribution < -0.4 is 10.7 Å².